The highest BCUT2D eigenvalue weighted by Crippen LogP contribution is 2.11. The molecule has 4 nitrogen and oxygen atoms in total. The zero-order valence-corrected chi connectivity index (χ0v) is 8.28. The molecule has 2 aromatic rings. The summed E-state index contributed by atoms with van der Waals surface area (Å²) in [6, 6.07) is 3.76. The summed E-state index contributed by atoms with van der Waals surface area (Å²) < 4.78 is 30.9. The van der Waals surface area contributed by atoms with Gasteiger partial charge < -0.3 is 9.84 Å². The minimum absolute atomic E-state index is 0.00555. The molecule has 1 heterocycles. The van der Waals surface area contributed by atoms with Crippen LogP contribution in [-0.4, -0.2) is 10.1 Å². The number of nitrogens with one attached hydrogen (secondary N) is 1. The van der Waals surface area contributed by atoms with Gasteiger partial charge in [0, 0.05) is 12.1 Å². The van der Waals surface area contributed by atoms with Gasteiger partial charge in [-0.3, -0.25) is 0 Å². The van der Waals surface area contributed by atoms with Crippen molar-refractivity contribution in [3.63, 3.8) is 0 Å². The van der Waals surface area contributed by atoms with Crippen molar-refractivity contribution in [2.75, 3.05) is 0 Å². The van der Waals surface area contributed by atoms with E-state index in [-0.39, 0.29) is 12.1 Å². The predicted octanol–water partition coefficient (Wildman–Crippen LogP) is 1.64. The fourth-order valence-corrected chi connectivity index (χ4v) is 1.27. The molecule has 0 saturated heterocycles. The van der Waals surface area contributed by atoms with Crippen LogP contribution in [0.5, 0.6) is 0 Å². The van der Waals surface area contributed by atoms with Crippen LogP contribution in [0.3, 0.4) is 0 Å². The summed E-state index contributed by atoms with van der Waals surface area (Å²) in [5.41, 5.74) is 0.00555. The van der Waals surface area contributed by atoms with E-state index in [2.05, 4.69) is 20.0 Å². The summed E-state index contributed by atoms with van der Waals surface area (Å²) in [7, 11) is 0. The lowest BCUT2D eigenvalue weighted by Crippen LogP contribution is -2.15. The average molecular weight is 225 g/mol. The normalized spacial score (nSPS) is 10.6. The molecule has 0 fully saturated rings. The maximum Gasteiger partial charge on any atom is 0.213 e. The van der Waals surface area contributed by atoms with Crippen molar-refractivity contribution in [3.05, 3.63) is 47.6 Å². The van der Waals surface area contributed by atoms with Crippen LogP contribution in [0.4, 0.5) is 8.78 Å². The molecule has 1 N–H and O–H groups in total. The minimum atomic E-state index is -0.569. The fraction of sp³-hybridized carbons (Fsp3) is 0.200. The van der Waals surface area contributed by atoms with E-state index in [1.165, 1.54) is 24.6 Å². The second-order valence-corrected chi connectivity index (χ2v) is 3.15. The van der Waals surface area contributed by atoms with Crippen LogP contribution in [-0.2, 0) is 13.1 Å². The van der Waals surface area contributed by atoms with Crippen LogP contribution in [0, 0.1) is 11.6 Å². The summed E-state index contributed by atoms with van der Waals surface area (Å²) in [4.78, 5) is 3.76. The molecule has 16 heavy (non-hydrogen) atoms. The molecule has 0 aliphatic carbocycles. The lowest BCUT2D eigenvalue weighted by atomic mass is 10.2. The van der Waals surface area contributed by atoms with E-state index in [0.717, 1.165) is 0 Å². The highest BCUT2D eigenvalue weighted by Gasteiger charge is 2.07. The molecule has 1 aromatic heterocycles. The van der Waals surface area contributed by atoms with E-state index < -0.39 is 11.6 Å². The molecule has 6 heteroatoms. The second-order valence-electron chi connectivity index (χ2n) is 3.15. The first-order valence-corrected chi connectivity index (χ1v) is 4.66. The molecule has 0 amide bonds. The van der Waals surface area contributed by atoms with Gasteiger partial charge in [0.1, 0.15) is 11.6 Å². The molecule has 0 unspecified atom stereocenters. The molecule has 0 bridgehead atoms. The summed E-state index contributed by atoms with van der Waals surface area (Å²) in [6.07, 6.45) is 1.20. The molecule has 0 saturated carbocycles. The van der Waals surface area contributed by atoms with Crippen LogP contribution < -0.4 is 5.32 Å². The number of halogens is 2. The first kappa shape index (κ1) is 10.7. The molecule has 0 atom stereocenters. The Morgan fingerprint density at radius 3 is 2.56 bits per heavy atom. The van der Waals surface area contributed by atoms with Crippen molar-refractivity contribution in [1.82, 2.24) is 15.5 Å². The van der Waals surface area contributed by atoms with E-state index >= 15 is 0 Å². The highest BCUT2D eigenvalue weighted by atomic mass is 19.1. The molecular formula is C10H9F2N3O. The van der Waals surface area contributed by atoms with E-state index in [9.17, 15) is 8.78 Å². The number of nitrogens with zero attached hydrogens (tertiary/aromatic N) is 2. The quantitative estimate of drug-likeness (QED) is 0.859. The summed E-state index contributed by atoms with van der Waals surface area (Å²) in [6.45, 7) is 0.372. The van der Waals surface area contributed by atoms with E-state index in [1.54, 1.807) is 0 Å². The third kappa shape index (κ3) is 2.40. The van der Waals surface area contributed by atoms with Crippen molar-refractivity contribution < 1.29 is 13.3 Å². The van der Waals surface area contributed by atoms with Crippen LogP contribution >= 0.6 is 0 Å². The number of hydrogen-bond acceptors (Lipinski definition) is 4. The molecule has 0 spiro atoms. The summed E-state index contributed by atoms with van der Waals surface area (Å²) in [5.74, 6) is -0.696. The Hall–Kier alpha value is -1.82. The molecule has 0 aliphatic rings. The van der Waals surface area contributed by atoms with E-state index in [4.69, 9.17) is 0 Å². The van der Waals surface area contributed by atoms with Crippen molar-refractivity contribution >= 4 is 0 Å². The van der Waals surface area contributed by atoms with Gasteiger partial charge in [0.25, 0.3) is 0 Å². The number of benzene rings is 1. The van der Waals surface area contributed by atoms with Gasteiger partial charge in [0.2, 0.25) is 6.39 Å². The Morgan fingerprint density at radius 1 is 1.19 bits per heavy atom. The third-order valence-corrected chi connectivity index (χ3v) is 2.05. The second kappa shape index (κ2) is 4.80. The maximum absolute atomic E-state index is 13.2. The Bertz CT molecular complexity index is 439. The van der Waals surface area contributed by atoms with E-state index in [1.807, 2.05) is 0 Å². The van der Waals surface area contributed by atoms with E-state index in [0.29, 0.717) is 12.4 Å². The predicted molar refractivity (Wildman–Crippen MR) is 51.2 cm³/mol. The number of rotatable bonds is 4. The molecule has 1 aromatic carbocycles. The molecule has 0 aliphatic heterocycles. The largest absolute Gasteiger partial charge is 0.343 e. The third-order valence-electron chi connectivity index (χ3n) is 2.05. The van der Waals surface area contributed by atoms with Gasteiger partial charge in [0.05, 0.1) is 6.54 Å². The van der Waals surface area contributed by atoms with Crippen LogP contribution in [0.25, 0.3) is 0 Å². The van der Waals surface area contributed by atoms with Gasteiger partial charge in [-0.2, -0.15) is 4.98 Å². The van der Waals surface area contributed by atoms with Gasteiger partial charge in [-0.1, -0.05) is 11.2 Å². The number of hydrogen-bond donors (Lipinski definition) is 1. The van der Waals surface area contributed by atoms with Crippen LogP contribution in [0.1, 0.15) is 11.4 Å². The highest BCUT2D eigenvalue weighted by molar-refractivity contribution is 5.19. The first-order chi connectivity index (χ1) is 7.77. The monoisotopic (exact) mass is 225 g/mol. The smallest absolute Gasteiger partial charge is 0.213 e. The Labute approximate surface area is 90.3 Å². The van der Waals surface area contributed by atoms with Gasteiger partial charge in [0.15, 0.2) is 5.82 Å². The number of aromatic nitrogens is 2. The zero-order chi connectivity index (χ0) is 11.4. The lowest BCUT2D eigenvalue weighted by molar-refractivity contribution is 0.406. The molecule has 84 valence electrons. The topological polar surface area (TPSA) is 51.0 Å². The molecule has 2 rings (SSSR count). The van der Waals surface area contributed by atoms with Crippen molar-refractivity contribution in [1.29, 1.82) is 0 Å². The standard InChI is InChI=1S/C10H9F2N3O/c11-8-2-1-3-9(12)7(8)4-13-5-10-14-6-16-15-10/h1-3,6,13H,4-5H2. The van der Waals surface area contributed by atoms with Gasteiger partial charge in [-0.25, -0.2) is 8.78 Å². The maximum atomic E-state index is 13.2. The molecule has 0 radical (unpaired) electrons. The van der Waals surface area contributed by atoms with Gasteiger partial charge >= 0.3 is 0 Å². The van der Waals surface area contributed by atoms with Crippen molar-refractivity contribution in [2.45, 2.75) is 13.1 Å². The van der Waals surface area contributed by atoms with Crippen molar-refractivity contribution in [2.24, 2.45) is 0 Å². The minimum Gasteiger partial charge on any atom is -0.343 e. The van der Waals surface area contributed by atoms with Gasteiger partial charge in [-0.15, -0.1) is 0 Å². The Balaban J connectivity index is 1.95. The van der Waals surface area contributed by atoms with Crippen LogP contribution in [0.15, 0.2) is 29.1 Å². The average Bonchev–Trinajstić information content (AvgIpc) is 2.75. The first-order valence-electron chi connectivity index (χ1n) is 4.66. The Kier molecular flexibility index (Phi) is 3.21. The summed E-state index contributed by atoms with van der Waals surface area (Å²) in [5, 5.41) is 6.38. The van der Waals surface area contributed by atoms with Crippen LogP contribution in [0.2, 0.25) is 0 Å². The Morgan fingerprint density at radius 2 is 1.94 bits per heavy atom. The zero-order valence-electron chi connectivity index (χ0n) is 8.28. The van der Waals surface area contributed by atoms with Gasteiger partial charge in [-0.05, 0) is 12.1 Å². The fourth-order valence-electron chi connectivity index (χ4n) is 1.27. The SMILES string of the molecule is Fc1cccc(F)c1CNCc1ncon1. The summed E-state index contributed by atoms with van der Waals surface area (Å²) >= 11 is 0. The molecular weight excluding hydrogens is 216 g/mol. The van der Waals surface area contributed by atoms with Crippen molar-refractivity contribution in [3.8, 4) is 0 Å². The lowest BCUT2D eigenvalue weighted by Gasteiger charge is -2.04.